The predicted octanol–water partition coefficient (Wildman–Crippen LogP) is 2.08. The van der Waals surface area contributed by atoms with Crippen LogP contribution in [0, 0.1) is 0 Å². The fourth-order valence-corrected chi connectivity index (χ4v) is 1.41. The van der Waals surface area contributed by atoms with Gasteiger partial charge in [0.1, 0.15) is 11.0 Å². The van der Waals surface area contributed by atoms with Gasteiger partial charge in [0, 0.05) is 13.2 Å². The molecular formula is C10H11ClN4. The SMILES string of the molecule is Cn1cncc1CNc1cccc(Cl)n1. The van der Waals surface area contributed by atoms with Gasteiger partial charge in [-0.3, -0.25) is 0 Å². The van der Waals surface area contributed by atoms with E-state index in [1.165, 1.54) is 0 Å². The molecule has 2 aromatic rings. The predicted molar refractivity (Wildman–Crippen MR) is 59.8 cm³/mol. The lowest BCUT2D eigenvalue weighted by Gasteiger charge is -2.05. The molecular weight excluding hydrogens is 212 g/mol. The number of nitrogens with one attached hydrogen (secondary N) is 1. The van der Waals surface area contributed by atoms with Gasteiger partial charge in [0.05, 0.1) is 18.6 Å². The number of hydrogen-bond acceptors (Lipinski definition) is 3. The molecule has 15 heavy (non-hydrogen) atoms. The van der Waals surface area contributed by atoms with Crippen LogP contribution in [0.25, 0.3) is 0 Å². The highest BCUT2D eigenvalue weighted by Gasteiger charge is 1.99. The van der Waals surface area contributed by atoms with Gasteiger partial charge >= 0.3 is 0 Å². The molecule has 0 amide bonds. The highest BCUT2D eigenvalue weighted by Crippen LogP contribution is 2.10. The van der Waals surface area contributed by atoms with Crippen LogP contribution in [0.3, 0.4) is 0 Å². The summed E-state index contributed by atoms with van der Waals surface area (Å²) in [6.45, 7) is 0.684. The summed E-state index contributed by atoms with van der Waals surface area (Å²) in [5, 5.41) is 3.66. The smallest absolute Gasteiger partial charge is 0.131 e. The lowest BCUT2D eigenvalue weighted by Crippen LogP contribution is -2.04. The number of pyridine rings is 1. The standard InChI is InChI=1S/C10H11ClN4/c1-15-7-12-5-8(15)6-13-10-4-2-3-9(11)14-10/h2-5,7H,6H2,1H3,(H,13,14). The largest absolute Gasteiger partial charge is 0.364 e. The first-order valence-corrected chi connectivity index (χ1v) is 4.95. The van der Waals surface area contributed by atoms with E-state index in [4.69, 9.17) is 11.6 Å². The molecule has 0 saturated carbocycles. The van der Waals surface area contributed by atoms with Gasteiger partial charge in [-0.2, -0.15) is 0 Å². The van der Waals surface area contributed by atoms with Gasteiger partial charge in [-0.1, -0.05) is 17.7 Å². The monoisotopic (exact) mass is 222 g/mol. The third-order valence-electron chi connectivity index (χ3n) is 2.08. The Morgan fingerprint density at radius 3 is 3.00 bits per heavy atom. The summed E-state index contributed by atoms with van der Waals surface area (Å²) in [7, 11) is 1.95. The van der Waals surface area contributed by atoms with Gasteiger partial charge < -0.3 is 9.88 Å². The second-order valence-corrected chi connectivity index (χ2v) is 3.58. The average Bonchev–Trinajstić information content (AvgIpc) is 2.61. The third-order valence-corrected chi connectivity index (χ3v) is 2.29. The van der Waals surface area contributed by atoms with Crippen LogP contribution in [-0.4, -0.2) is 14.5 Å². The van der Waals surface area contributed by atoms with Gasteiger partial charge in [-0.15, -0.1) is 0 Å². The first-order valence-electron chi connectivity index (χ1n) is 4.57. The van der Waals surface area contributed by atoms with Crippen LogP contribution in [-0.2, 0) is 13.6 Å². The van der Waals surface area contributed by atoms with Crippen molar-refractivity contribution in [1.82, 2.24) is 14.5 Å². The highest BCUT2D eigenvalue weighted by atomic mass is 35.5. The molecule has 2 heterocycles. The summed E-state index contributed by atoms with van der Waals surface area (Å²) in [5.74, 6) is 0.767. The Hall–Kier alpha value is -1.55. The van der Waals surface area contributed by atoms with E-state index in [9.17, 15) is 0 Å². The molecule has 5 heteroatoms. The highest BCUT2D eigenvalue weighted by molar-refractivity contribution is 6.29. The first-order chi connectivity index (χ1) is 7.25. The molecule has 0 aromatic carbocycles. The van der Waals surface area contributed by atoms with Crippen molar-refractivity contribution >= 4 is 17.4 Å². The maximum Gasteiger partial charge on any atom is 0.131 e. The van der Waals surface area contributed by atoms with E-state index in [0.29, 0.717) is 11.7 Å². The van der Waals surface area contributed by atoms with Crippen LogP contribution < -0.4 is 5.32 Å². The second-order valence-electron chi connectivity index (χ2n) is 3.19. The molecule has 0 radical (unpaired) electrons. The number of rotatable bonds is 3. The molecule has 1 N–H and O–H groups in total. The summed E-state index contributed by atoms with van der Waals surface area (Å²) in [5.41, 5.74) is 1.09. The Morgan fingerprint density at radius 1 is 1.47 bits per heavy atom. The molecule has 0 aliphatic rings. The lowest BCUT2D eigenvalue weighted by atomic mass is 10.4. The molecule has 0 atom stereocenters. The Balaban J connectivity index is 2.02. The van der Waals surface area contributed by atoms with E-state index < -0.39 is 0 Å². The number of imidazole rings is 1. The Bertz CT molecular complexity index is 452. The zero-order valence-corrected chi connectivity index (χ0v) is 9.07. The summed E-state index contributed by atoms with van der Waals surface area (Å²) in [4.78, 5) is 8.15. The topological polar surface area (TPSA) is 42.7 Å². The first kappa shape index (κ1) is 9.98. The summed E-state index contributed by atoms with van der Waals surface area (Å²) in [6.07, 6.45) is 3.58. The van der Waals surface area contributed by atoms with Gasteiger partial charge in [0.2, 0.25) is 0 Å². The van der Waals surface area contributed by atoms with Gasteiger partial charge in [0.15, 0.2) is 0 Å². The number of nitrogens with zero attached hydrogens (tertiary/aromatic N) is 3. The van der Waals surface area contributed by atoms with Crippen LogP contribution in [0.15, 0.2) is 30.7 Å². The maximum atomic E-state index is 5.77. The molecule has 0 fully saturated rings. The van der Waals surface area contributed by atoms with Crippen LogP contribution in [0.5, 0.6) is 0 Å². The molecule has 0 saturated heterocycles. The Morgan fingerprint density at radius 2 is 2.33 bits per heavy atom. The normalized spacial score (nSPS) is 10.3. The van der Waals surface area contributed by atoms with Crippen molar-refractivity contribution < 1.29 is 0 Å². The van der Waals surface area contributed by atoms with Crippen molar-refractivity contribution in [2.24, 2.45) is 7.05 Å². The lowest BCUT2D eigenvalue weighted by molar-refractivity contribution is 0.835. The van der Waals surface area contributed by atoms with Crippen molar-refractivity contribution in [1.29, 1.82) is 0 Å². The van der Waals surface area contributed by atoms with E-state index in [1.54, 1.807) is 12.4 Å². The van der Waals surface area contributed by atoms with Gasteiger partial charge in [-0.25, -0.2) is 9.97 Å². The number of aromatic nitrogens is 3. The molecule has 0 unspecified atom stereocenters. The number of anilines is 1. The maximum absolute atomic E-state index is 5.77. The van der Waals surface area contributed by atoms with E-state index >= 15 is 0 Å². The summed E-state index contributed by atoms with van der Waals surface area (Å²) >= 11 is 5.77. The van der Waals surface area contributed by atoms with Gasteiger partial charge in [-0.05, 0) is 12.1 Å². The van der Waals surface area contributed by atoms with Crippen LogP contribution in [0.2, 0.25) is 5.15 Å². The molecule has 0 spiro atoms. The average molecular weight is 223 g/mol. The van der Waals surface area contributed by atoms with E-state index in [2.05, 4.69) is 15.3 Å². The minimum absolute atomic E-state index is 0.491. The van der Waals surface area contributed by atoms with Crippen LogP contribution in [0.1, 0.15) is 5.69 Å². The van der Waals surface area contributed by atoms with Crippen molar-refractivity contribution in [2.45, 2.75) is 6.54 Å². The Labute approximate surface area is 92.9 Å². The molecule has 0 aliphatic carbocycles. The third kappa shape index (κ3) is 2.47. The molecule has 2 rings (SSSR count). The van der Waals surface area contributed by atoms with Crippen molar-refractivity contribution in [3.8, 4) is 0 Å². The van der Waals surface area contributed by atoms with Crippen molar-refractivity contribution in [3.05, 3.63) is 41.6 Å². The van der Waals surface area contributed by atoms with E-state index in [-0.39, 0.29) is 0 Å². The molecule has 0 aliphatic heterocycles. The Kier molecular flexibility index (Phi) is 2.87. The fraction of sp³-hybridized carbons (Fsp3) is 0.200. The van der Waals surface area contributed by atoms with Crippen molar-refractivity contribution in [2.75, 3.05) is 5.32 Å². The zero-order valence-electron chi connectivity index (χ0n) is 8.31. The van der Waals surface area contributed by atoms with Crippen LogP contribution in [0.4, 0.5) is 5.82 Å². The zero-order chi connectivity index (χ0) is 10.7. The molecule has 0 bridgehead atoms. The van der Waals surface area contributed by atoms with Crippen molar-refractivity contribution in [3.63, 3.8) is 0 Å². The molecule has 2 aromatic heterocycles. The molecule has 78 valence electrons. The fourth-order valence-electron chi connectivity index (χ4n) is 1.24. The molecule has 4 nitrogen and oxygen atoms in total. The van der Waals surface area contributed by atoms with Crippen LogP contribution >= 0.6 is 11.6 Å². The summed E-state index contributed by atoms with van der Waals surface area (Å²) in [6, 6.07) is 5.49. The van der Waals surface area contributed by atoms with Gasteiger partial charge in [0.25, 0.3) is 0 Å². The van der Waals surface area contributed by atoms with E-state index in [1.807, 2.05) is 29.9 Å². The minimum Gasteiger partial charge on any atom is -0.364 e. The number of hydrogen-bond donors (Lipinski definition) is 1. The quantitative estimate of drug-likeness (QED) is 0.809. The number of aryl methyl sites for hydroxylation is 1. The summed E-state index contributed by atoms with van der Waals surface area (Å²) < 4.78 is 1.96. The number of halogens is 1. The second kappa shape index (κ2) is 4.31. The van der Waals surface area contributed by atoms with E-state index in [0.717, 1.165) is 11.5 Å². The minimum atomic E-state index is 0.491.